The van der Waals surface area contributed by atoms with Crippen LogP contribution >= 0.6 is 22.9 Å². The molecule has 1 unspecified atom stereocenters. The molecule has 1 atom stereocenters. The van der Waals surface area contributed by atoms with Crippen LogP contribution in [-0.2, 0) is 11.3 Å². The molecule has 3 nitrogen and oxygen atoms in total. The van der Waals surface area contributed by atoms with Crippen molar-refractivity contribution >= 4 is 22.9 Å². The number of thiophene rings is 1. The minimum atomic E-state index is 0.148. The normalized spacial score (nSPS) is 23.1. The Hall–Kier alpha value is -0.130. The van der Waals surface area contributed by atoms with Gasteiger partial charge in [-0.15, -0.1) is 11.3 Å². The Morgan fingerprint density at radius 2 is 2.19 bits per heavy atom. The number of halogens is 1. The smallest absolute Gasteiger partial charge is 0.0931 e. The van der Waals surface area contributed by atoms with Crippen LogP contribution < -0.4 is 5.32 Å². The van der Waals surface area contributed by atoms with E-state index in [-0.39, 0.29) is 11.0 Å². The second kappa shape index (κ2) is 6.97. The summed E-state index contributed by atoms with van der Waals surface area (Å²) in [7, 11) is 2.19. The fourth-order valence-corrected chi connectivity index (χ4v) is 3.92. The van der Waals surface area contributed by atoms with Gasteiger partial charge in [-0.2, -0.15) is 0 Å². The standard InChI is InChI=1S/C16H27ClN2OS/c1-15(2,3)18-10-16(7-8-20-12-16)11-19(4)9-13-5-6-14(17)21-13/h5-6,18H,7-12H2,1-4H3. The lowest BCUT2D eigenvalue weighted by molar-refractivity contribution is 0.111. The third-order valence-corrected chi connectivity index (χ3v) is 5.05. The van der Waals surface area contributed by atoms with Crippen LogP contribution in [0.4, 0.5) is 0 Å². The van der Waals surface area contributed by atoms with Crippen molar-refractivity contribution in [3.05, 3.63) is 21.3 Å². The molecule has 1 aromatic heterocycles. The highest BCUT2D eigenvalue weighted by Gasteiger charge is 2.36. The molecule has 0 amide bonds. The summed E-state index contributed by atoms with van der Waals surface area (Å²) in [5, 5.41) is 3.65. The van der Waals surface area contributed by atoms with E-state index in [0.717, 1.165) is 43.6 Å². The Balaban J connectivity index is 1.92. The monoisotopic (exact) mass is 330 g/mol. The third-order valence-electron chi connectivity index (χ3n) is 3.84. The molecule has 0 spiro atoms. The van der Waals surface area contributed by atoms with Gasteiger partial charge >= 0.3 is 0 Å². The van der Waals surface area contributed by atoms with Crippen LogP contribution in [0.3, 0.4) is 0 Å². The first-order chi connectivity index (χ1) is 9.78. The molecule has 5 heteroatoms. The maximum atomic E-state index is 6.01. The lowest BCUT2D eigenvalue weighted by Crippen LogP contribution is -2.48. The van der Waals surface area contributed by atoms with Gasteiger partial charge in [0.15, 0.2) is 0 Å². The summed E-state index contributed by atoms with van der Waals surface area (Å²) in [5.74, 6) is 0. The van der Waals surface area contributed by atoms with Crippen molar-refractivity contribution in [2.75, 3.05) is 33.4 Å². The van der Waals surface area contributed by atoms with Crippen molar-refractivity contribution in [1.82, 2.24) is 10.2 Å². The quantitative estimate of drug-likeness (QED) is 0.862. The van der Waals surface area contributed by atoms with Crippen LogP contribution in [0.15, 0.2) is 12.1 Å². The minimum Gasteiger partial charge on any atom is -0.381 e. The van der Waals surface area contributed by atoms with E-state index in [0.29, 0.717) is 0 Å². The molecular weight excluding hydrogens is 304 g/mol. The number of hydrogen-bond donors (Lipinski definition) is 1. The second-order valence-corrected chi connectivity index (χ2v) is 9.08. The number of hydrogen-bond acceptors (Lipinski definition) is 4. The van der Waals surface area contributed by atoms with E-state index in [2.05, 4.69) is 44.1 Å². The number of rotatable bonds is 6. The maximum Gasteiger partial charge on any atom is 0.0931 e. The van der Waals surface area contributed by atoms with Crippen LogP contribution in [0, 0.1) is 5.41 Å². The van der Waals surface area contributed by atoms with Crippen LogP contribution in [0.5, 0.6) is 0 Å². The van der Waals surface area contributed by atoms with Crippen molar-refractivity contribution in [3.8, 4) is 0 Å². The van der Waals surface area contributed by atoms with Gasteiger partial charge in [0.25, 0.3) is 0 Å². The molecule has 0 bridgehead atoms. The Bertz CT molecular complexity index is 449. The zero-order valence-electron chi connectivity index (χ0n) is 13.5. The first-order valence-electron chi connectivity index (χ1n) is 7.54. The molecule has 1 aliphatic rings. The molecule has 2 rings (SSSR count). The molecule has 2 heterocycles. The summed E-state index contributed by atoms with van der Waals surface area (Å²) in [6.45, 7) is 11.4. The molecule has 1 N–H and O–H groups in total. The molecule has 0 radical (unpaired) electrons. The van der Waals surface area contributed by atoms with Gasteiger partial charge < -0.3 is 15.0 Å². The highest BCUT2D eigenvalue weighted by molar-refractivity contribution is 7.16. The van der Waals surface area contributed by atoms with E-state index < -0.39 is 0 Å². The van der Waals surface area contributed by atoms with Crippen molar-refractivity contribution in [2.24, 2.45) is 5.41 Å². The van der Waals surface area contributed by atoms with Crippen molar-refractivity contribution in [2.45, 2.75) is 39.3 Å². The molecule has 0 saturated carbocycles. The molecule has 21 heavy (non-hydrogen) atoms. The molecule has 1 aromatic rings. The summed E-state index contributed by atoms with van der Waals surface area (Å²) in [5.41, 5.74) is 0.374. The number of nitrogens with one attached hydrogen (secondary N) is 1. The zero-order chi connectivity index (χ0) is 15.5. The summed E-state index contributed by atoms with van der Waals surface area (Å²) in [6, 6.07) is 4.10. The number of nitrogens with zero attached hydrogens (tertiary/aromatic N) is 1. The van der Waals surface area contributed by atoms with E-state index in [4.69, 9.17) is 16.3 Å². The van der Waals surface area contributed by atoms with Gasteiger partial charge in [0.2, 0.25) is 0 Å². The Kier molecular flexibility index (Phi) is 5.71. The molecule has 1 saturated heterocycles. The van der Waals surface area contributed by atoms with E-state index in [1.165, 1.54) is 4.88 Å². The van der Waals surface area contributed by atoms with Crippen LogP contribution in [0.1, 0.15) is 32.1 Å². The van der Waals surface area contributed by atoms with Gasteiger partial charge in [0.1, 0.15) is 0 Å². The zero-order valence-corrected chi connectivity index (χ0v) is 15.1. The fraction of sp³-hybridized carbons (Fsp3) is 0.750. The highest BCUT2D eigenvalue weighted by Crippen LogP contribution is 2.30. The van der Waals surface area contributed by atoms with Gasteiger partial charge in [0, 0.05) is 42.1 Å². The predicted octanol–water partition coefficient (Wildman–Crippen LogP) is 3.63. The molecule has 120 valence electrons. The lowest BCUT2D eigenvalue weighted by Gasteiger charge is -2.35. The highest BCUT2D eigenvalue weighted by atomic mass is 35.5. The predicted molar refractivity (Wildman–Crippen MR) is 91.3 cm³/mol. The fourth-order valence-electron chi connectivity index (χ4n) is 2.75. The molecule has 1 aliphatic heterocycles. The van der Waals surface area contributed by atoms with Gasteiger partial charge in [-0.3, -0.25) is 0 Å². The summed E-state index contributed by atoms with van der Waals surface area (Å²) in [6.07, 6.45) is 1.13. The van der Waals surface area contributed by atoms with Crippen molar-refractivity contribution in [1.29, 1.82) is 0 Å². The van der Waals surface area contributed by atoms with Crippen LogP contribution in [0.2, 0.25) is 4.34 Å². The summed E-state index contributed by atoms with van der Waals surface area (Å²) < 4.78 is 6.56. The molecule has 0 aliphatic carbocycles. The number of ether oxygens (including phenoxy) is 1. The van der Waals surface area contributed by atoms with Gasteiger partial charge in [0.05, 0.1) is 10.9 Å². The van der Waals surface area contributed by atoms with Crippen LogP contribution in [-0.4, -0.2) is 43.8 Å². The Morgan fingerprint density at radius 1 is 1.43 bits per heavy atom. The third kappa shape index (κ3) is 5.53. The average Bonchev–Trinajstić information content (AvgIpc) is 2.96. The lowest BCUT2D eigenvalue weighted by atomic mass is 9.85. The van der Waals surface area contributed by atoms with E-state index in [9.17, 15) is 0 Å². The van der Waals surface area contributed by atoms with Gasteiger partial charge in [-0.1, -0.05) is 11.6 Å². The first-order valence-corrected chi connectivity index (χ1v) is 8.73. The molecule has 0 aromatic carbocycles. The summed E-state index contributed by atoms with van der Waals surface area (Å²) in [4.78, 5) is 3.71. The second-order valence-electron chi connectivity index (χ2n) is 7.28. The van der Waals surface area contributed by atoms with Gasteiger partial charge in [-0.25, -0.2) is 0 Å². The molecular formula is C16H27ClN2OS. The Morgan fingerprint density at radius 3 is 2.71 bits per heavy atom. The van der Waals surface area contributed by atoms with Gasteiger partial charge in [-0.05, 0) is 46.4 Å². The van der Waals surface area contributed by atoms with E-state index in [1.807, 2.05) is 6.07 Å². The van der Waals surface area contributed by atoms with Crippen molar-refractivity contribution < 1.29 is 4.74 Å². The first kappa shape index (κ1) is 17.2. The largest absolute Gasteiger partial charge is 0.381 e. The molecule has 1 fully saturated rings. The minimum absolute atomic E-state index is 0.148. The maximum absolute atomic E-state index is 6.01. The SMILES string of the molecule is CN(Cc1ccc(Cl)s1)CC1(CNC(C)(C)C)CCOC1. The van der Waals surface area contributed by atoms with E-state index >= 15 is 0 Å². The topological polar surface area (TPSA) is 24.5 Å². The van der Waals surface area contributed by atoms with Crippen molar-refractivity contribution in [3.63, 3.8) is 0 Å². The van der Waals surface area contributed by atoms with E-state index in [1.54, 1.807) is 11.3 Å². The average molecular weight is 331 g/mol. The van der Waals surface area contributed by atoms with Crippen LogP contribution in [0.25, 0.3) is 0 Å². The Labute approximate surface area is 137 Å². The summed E-state index contributed by atoms with van der Waals surface area (Å²) >= 11 is 7.68.